The molecule has 0 saturated carbocycles. The molecule has 2 atom stereocenters. The van der Waals surface area contributed by atoms with E-state index < -0.39 is 0 Å². The fourth-order valence-corrected chi connectivity index (χ4v) is 4.26. The van der Waals surface area contributed by atoms with Crippen molar-refractivity contribution in [3.05, 3.63) is 71.8 Å². The first-order chi connectivity index (χ1) is 18.3. The lowest BCUT2D eigenvalue weighted by Gasteiger charge is -2.14. The monoisotopic (exact) mass is 560 g/mol. The lowest BCUT2D eigenvalue weighted by molar-refractivity contribution is -0.146. The van der Waals surface area contributed by atoms with E-state index in [1.54, 1.807) is 13.8 Å². The van der Waals surface area contributed by atoms with E-state index in [1.165, 1.54) is 25.3 Å². The summed E-state index contributed by atoms with van der Waals surface area (Å²) in [6.07, 6.45) is 7.30. The molecular weight excluding hydrogens is 516 g/mol. The minimum atomic E-state index is -0.167. The lowest BCUT2D eigenvalue weighted by Crippen LogP contribution is -2.17. The molecule has 0 unspecified atom stereocenters. The number of Topliss-reactive ketones (excluding diaryl/α,β-unsaturated/α-hetero) is 2. The van der Waals surface area contributed by atoms with Gasteiger partial charge < -0.3 is 19.1 Å². The van der Waals surface area contributed by atoms with Crippen molar-refractivity contribution >= 4 is 35.9 Å². The number of aryl methyl sites for hydroxylation is 2. The summed E-state index contributed by atoms with van der Waals surface area (Å²) in [6, 6.07) is 20.2. The number of methoxy groups -OCH3 is 2. The standard InChI is InChI=1S/2C16H22O3.ClH/c2*1-13(17)7-6-10-15(16(18)19-2)12-11-14-8-4-3-5-9-14;/h2*3-5,8-9,15H,6-7,10-12H2,1-2H3;1H/t2*15-;/m11./s1. The van der Waals surface area contributed by atoms with Crippen molar-refractivity contribution in [2.24, 2.45) is 11.8 Å². The maximum atomic E-state index is 11.7. The molecule has 0 bridgehead atoms. The Morgan fingerprint density at radius 1 is 0.590 bits per heavy atom. The third-order valence-electron chi connectivity index (χ3n) is 6.48. The van der Waals surface area contributed by atoms with Crippen molar-refractivity contribution in [1.82, 2.24) is 0 Å². The van der Waals surface area contributed by atoms with Gasteiger partial charge in [0.1, 0.15) is 11.6 Å². The van der Waals surface area contributed by atoms with Gasteiger partial charge in [-0.1, -0.05) is 60.7 Å². The van der Waals surface area contributed by atoms with E-state index in [2.05, 4.69) is 24.3 Å². The van der Waals surface area contributed by atoms with Crippen molar-refractivity contribution < 1.29 is 28.7 Å². The highest BCUT2D eigenvalue weighted by Crippen LogP contribution is 2.19. The van der Waals surface area contributed by atoms with E-state index in [9.17, 15) is 19.2 Å². The summed E-state index contributed by atoms with van der Waals surface area (Å²) in [7, 11) is 2.84. The average molecular weight is 561 g/mol. The van der Waals surface area contributed by atoms with Crippen molar-refractivity contribution in [1.29, 1.82) is 0 Å². The highest BCUT2D eigenvalue weighted by molar-refractivity contribution is 5.85. The Morgan fingerprint density at radius 2 is 0.923 bits per heavy atom. The second-order valence-corrected chi connectivity index (χ2v) is 9.68. The molecule has 7 heteroatoms. The first kappa shape index (κ1) is 36.0. The van der Waals surface area contributed by atoms with Crippen LogP contribution in [0.25, 0.3) is 0 Å². The van der Waals surface area contributed by atoms with Gasteiger partial charge in [0.05, 0.1) is 26.1 Å². The highest BCUT2D eigenvalue weighted by atomic mass is 35.5. The third-order valence-corrected chi connectivity index (χ3v) is 6.48. The van der Waals surface area contributed by atoms with Crippen LogP contribution in [0.1, 0.15) is 76.3 Å². The summed E-state index contributed by atoms with van der Waals surface area (Å²) < 4.78 is 9.67. The molecule has 216 valence electrons. The lowest BCUT2D eigenvalue weighted by atomic mass is 9.94. The van der Waals surface area contributed by atoms with E-state index >= 15 is 0 Å². The van der Waals surface area contributed by atoms with Crippen LogP contribution in [-0.2, 0) is 41.5 Å². The Kier molecular flexibility index (Phi) is 20.2. The smallest absolute Gasteiger partial charge is 0.308 e. The second-order valence-electron chi connectivity index (χ2n) is 9.68. The molecule has 39 heavy (non-hydrogen) atoms. The zero-order valence-corrected chi connectivity index (χ0v) is 24.7. The quantitative estimate of drug-likeness (QED) is 0.211. The van der Waals surface area contributed by atoms with Crippen LogP contribution in [0.2, 0.25) is 0 Å². The van der Waals surface area contributed by atoms with Crippen molar-refractivity contribution in [2.45, 2.75) is 78.1 Å². The van der Waals surface area contributed by atoms with Gasteiger partial charge in [-0.2, -0.15) is 0 Å². The third kappa shape index (κ3) is 17.3. The van der Waals surface area contributed by atoms with Gasteiger partial charge in [0.25, 0.3) is 0 Å². The van der Waals surface area contributed by atoms with Crippen molar-refractivity contribution in [3.63, 3.8) is 0 Å². The largest absolute Gasteiger partial charge is 0.469 e. The summed E-state index contributed by atoms with van der Waals surface area (Å²) in [6.45, 7) is 3.16. The van der Waals surface area contributed by atoms with Gasteiger partial charge in [0.15, 0.2) is 0 Å². The topological polar surface area (TPSA) is 86.7 Å². The zero-order valence-electron chi connectivity index (χ0n) is 23.9. The van der Waals surface area contributed by atoms with Crippen LogP contribution in [-0.4, -0.2) is 37.7 Å². The van der Waals surface area contributed by atoms with Gasteiger partial charge in [-0.15, -0.1) is 12.4 Å². The molecule has 2 aromatic carbocycles. The summed E-state index contributed by atoms with van der Waals surface area (Å²) in [5, 5.41) is 0. The molecule has 6 nitrogen and oxygen atoms in total. The van der Waals surface area contributed by atoms with E-state index in [0.717, 1.165) is 51.4 Å². The van der Waals surface area contributed by atoms with Crippen LogP contribution in [0.3, 0.4) is 0 Å². The van der Waals surface area contributed by atoms with Gasteiger partial charge in [-0.3, -0.25) is 9.59 Å². The number of rotatable bonds is 16. The van der Waals surface area contributed by atoms with Gasteiger partial charge in [0.2, 0.25) is 0 Å². The average Bonchev–Trinajstić information content (AvgIpc) is 2.92. The van der Waals surface area contributed by atoms with E-state index in [4.69, 9.17) is 9.47 Å². The fourth-order valence-electron chi connectivity index (χ4n) is 4.26. The molecule has 0 amide bonds. The molecule has 0 fully saturated rings. The number of ether oxygens (including phenoxy) is 2. The molecule has 2 rings (SSSR count). The van der Waals surface area contributed by atoms with Crippen LogP contribution >= 0.6 is 12.4 Å². The number of esters is 2. The number of carbonyl (C=O) groups is 4. The number of halogens is 1. The maximum absolute atomic E-state index is 11.7. The Morgan fingerprint density at radius 3 is 1.21 bits per heavy atom. The maximum Gasteiger partial charge on any atom is 0.308 e. The van der Waals surface area contributed by atoms with Gasteiger partial charge >= 0.3 is 11.9 Å². The molecule has 0 heterocycles. The molecule has 2 aromatic rings. The van der Waals surface area contributed by atoms with Gasteiger partial charge in [-0.25, -0.2) is 0 Å². The molecule has 0 radical (unpaired) electrons. The number of hydrogen-bond donors (Lipinski definition) is 0. The molecule has 0 spiro atoms. The summed E-state index contributed by atoms with van der Waals surface area (Å²) in [5.41, 5.74) is 2.45. The first-order valence-corrected chi connectivity index (χ1v) is 13.5. The molecule has 0 aliphatic heterocycles. The number of hydrogen-bond acceptors (Lipinski definition) is 6. The zero-order chi connectivity index (χ0) is 28.2. The van der Waals surface area contributed by atoms with E-state index in [1.807, 2.05) is 36.4 Å². The van der Waals surface area contributed by atoms with Crippen LogP contribution in [0.15, 0.2) is 60.7 Å². The second kappa shape index (κ2) is 21.9. The fraction of sp³-hybridized carbons (Fsp3) is 0.500. The van der Waals surface area contributed by atoms with Crippen LogP contribution < -0.4 is 0 Å². The van der Waals surface area contributed by atoms with Crippen LogP contribution in [0, 0.1) is 11.8 Å². The van der Waals surface area contributed by atoms with E-state index in [-0.39, 0.29) is 47.7 Å². The van der Waals surface area contributed by atoms with Crippen LogP contribution in [0.4, 0.5) is 0 Å². The molecular formula is C32H45ClO6. The summed E-state index contributed by atoms with van der Waals surface area (Å²) >= 11 is 0. The minimum absolute atomic E-state index is 0. The Hall–Kier alpha value is -2.99. The predicted molar refractivity (Wildman–Crippen MR) is 157 cm³/mol. The van der Waals surface area contributed by atoms with Gasteiger partial charge in [0, 0.05) is 12.8 Å². The Labute approximate surface area is 240 Å². The number of carbonyl (C=O) groups excluding carboxylic acids is 4. The molecule has 0 N–H and O–H groups in total. The number of ketones is 2. The normalized spacial score (nSPS) is 11.6. The van der Waals surface area contributed by atoms with E-state index in [0.29, 0.717) is 12.8 Å². The summed E-state index contributed by atoms with van der Waals surface area (Å²) in [5.74, 6) is -0.202. The van der Waals surface area contributed by atoms with Crippen molar-refractivity contribution in [2.75, 3.05) is 14.2 Å². The molecule has 0 aliphatic carbocycles. The molecule has 0 aromatic heterocycles. The predicted octanol–water partition coefficient (Wildman–Crippen LogP) is 6.76. The number of benzene rings is 2. The highest BCUT2D eigenvalue weighted by Gasteiger charge is 2.19. The Bertz CT molecular complexity index is 882. The summed E-state index contributed by atoms with van der Waals surface area (Å²) in [4.78, 5) is 45.3. The van der Waals surface area contributed by atoms with Crippen LogP contribution in [0.5, 0.6) is 0 Å². The van der Waals surface area contributed by atoms with Crippen molar-refractivity contribution in [3.8, 4) is 0 Å². The molecule has 0 aliphatic rings. The molecule has 0 saturated heterocycles. The van der Waals surface area contributed by atoms with Gasteiger partial charge in [-0.05, 0) is 76.3 Å². The first-order valence-electron chi connectivity index (χ1n) is 13.5. The SMILES string of the molecule is COC(=O)[C@H](CCCC(C)=O)CCc1ccccc1.COC(=O)[C@H](CCCC(C)=O)CCc1ccccc1.Cl. The Balaban J connectivity index is 0.000000722. The minimum Gasteiger partial charge on any atom is -0.469 e.